The lowest BCUT2D eigenvalue weighted by molar-refractivity contribution is 0.612. The average molecular weight is 173 g/mol. The highest BCUT2D eigenvalue weighted by molar-refractivity contribution is 7.71. The first-order chi connectivity index (χ1) is 5.18. The van der Waals surface area contributed by atoms with E-state index in [1.54, 1.807) is 0 Å². The average Bonchev–Trinajstić information content (AvgIpc) is 1.85. The maximum atomic E-state index is 12.4. The minimum atomic E-state index is -2.49. The summed E-state index contributed by atoms with van der Waals surface area (Å²) in [7, 11) is -2.49. The van der Waals surface area contributed by atoms with Crippen LogP contribution in [-0.4, -0.2) is 8.42 Å². The molecule has 0 atom stereocenters. The fourth-order valence-electron chi connectivity index (χ4n) is 0.715. The van der Waals surface area contributed by atoms with Gasteiger partial charge in [-0.05, 0) is 23.8 Å². The Kier molecular flexibility index (Phi) is 2.59. The first kappa shape index (κ1) is 8.20. The Morgan fingerprint density at radius 3 is 2.82 bits per heavy atom. The molecule has 1 radical (unpaired) electrons. The number of hydrogen-bond donors (Lipinski definition) is 1. The molecule has 0 N–H and O–H groups in total. The van der Waals surface area contributed by atoms with Gasteiger partial charge in [-0.1, -0.05) is 6.07 Å². The van der Waals surface area contributed by atoms with Crippen molar-refractivity contribution in [2.24, 2.45) is 0 Å². The lowest BCUT2D eigenvalue weighted by Gasteiger charge is -1.92. The molecule has 0 aliphatic rings. The molecular formula is C7H6FO2S. The van der Waals surface area contributed by atoms with E-state index in [1.807, 2.05) is 0 Å². The lowest BCUT2D eigenvalue weighted by Crippen LogP contribution is -1.87. The molecule has 0 amide bonds. The third-order valence-electron chi connectivity index (χ3n) is 1.12. The summed E-state index contributed by atoms with van der Waals surface area (Å²) in [5.41, 5.74) is 0.362. The molecule has 1 rings (SSSR count). The van der Waals surface area contributed by atoms with Crippen molar-refractivity contribution in [1.82, 2.24) is 0 Å². The molecule has 0 saturated carbocycles. The highest BCUT2D eigenvalue weighted by atomic mass is 32.2. The molecule has 0 aliphatic carbocycles. The Balaban J connectivity index is 2.87. The van der Waals surface area contributed by atoms with Crippen molar-refractivity contribution in [1.29, 1.82) is 0 Å². The Morgan fingerprint density at radius 2 is 2.27 bits per heavy atom. The summed E-state index contributed by atoms with van der Waals surface area (Å²) < 4.78 is 32.7. The van der Waals surface area contributed by atoms with Gasteiger partial charge in [0, 0.05) is 0 Å². The van der Waals surface area contributed by atoms with Gasteiger partial charge in [0.15, 0.2) is 0 Å². The Morgan fingerprint density at radius 1 is 1.55 bits per heavy atom. The van der Waals surface area contributed by atoms with Crippen molar-refractivity contribution in [3.05, 3.63) is 35.6 Å². The van der Waals surface area contributed by atoms with Gasteiger partial charge in [-0.15, -0.1) is 0 Å². The normalized spacial score (nSPS) is 10.4. The van der Waals surface area contributed by atoms with Crippen LogP contribution in [0.2, 0.25) is 0 Å². The number of rotatable bonds is 2. The monoisotopic (exact) mass is 173 g/mol. The molecule has 11 heavy (non-hydrogen) atoms. The van der Waals surface area contributed by atoms with Crippen LogP contribution in [0.4, 0.5) is 4.39 Å². The standard InChI is InChI=1S/C7H6FO2S/c8-7-3-1-2-6(4-7)5-11(9)10/h1,3-4,11H,5H2. The van der Waals surface area contributed by atoms with Gasteiger partial charge < -0.3 is 0 Å². The molecular weight excluding hydrogens is 167 g/mol. The topological polar surface area (TPSA) is 34.1 Å². The molecule has 2 nitrogen and oxygen atoms in total. The zero-order valence-electron chi connectivity index (χ0n) is 5.58. The highest BCUT2D eigenvalue weighted by Gasteiger charge is 1.95. The van der Waals surface area contributed by atoms with E-state index in [2.05, 4.69) is 6.07 Å². The summed E-state index contributed by atoms with van der Waals surface area (Å²) in [6, 6.07) is 6.36. The van der Waals surface area contributed by atoms with Crippen LogP contribution in [-0.2, 0) is 16.5 Å². The number of hydrogen-bond acceptors (Lipinski definition) is 2. The van der Waals surface area contributed by atoms with Crippen LogP contribution >= 0.6 is 0 Å². The Labute approximate surface area is 65.6 Å². The number of thiol groups is 1. The molecule has 0 spiro atoms. The smallest absolute Gasteiger partial charge is 0.144 e. The molecule has 1 aromatic rings. The van der Waals surface area contributed by atoms with Gasteiger partial charge in [-0.25, -0.2) is 12.8 Å². The van der Waals surface area contributed by atoms with Crippen molar-refractivity contribution in [2.45, 2.75) is 5.75 Å². The van der Waals surface area contributed by atoms with Crippen LogP contribution in [0, 0.1) is 11.9 Å². The third-order valence-corrected chi connectivity index (χ3v) is 1.72. The quantitative estimate of drug-likeness (QED) is 0.669. The van der Waals surface area contributed by atoms with Gasteiger partial charge in [0.25, 0.3) is 0 Å². The van der Waals surface area contributed by atoms with E-state index in [9.17, 15) is 12.8 Å². The van der Waals surface area contributed by atoms with Crippen LogP contribution < -0.4 is 0 Å². The maximum Gasteiger partial charge on any atom is 0.144 e. The van der Waals surface area contributed by atoms with Gasteiger partial charge in [-0.3, -0.25) is 0 Å². The predicted molar refractivity (Wildman–Crippen MR) is 39.3 cm³/mol. The molecule has 0 heterocycles. The SMILES string of the molecule is O=[SH](=O)Cc1[c]ccc(F)c1. The first-order valence-corrected chi connectivity index (χ1v) is 4.32. The first-order valence-electron chi connectivity index (χ1n) is 2.96. The van der Waals surface area contributed by atoms with Gasteiger partial charge in [0.05, 0.1) is 5.75 Å². The van der Waals surface area contributed by atoms with Crippen LogP contribution in [0.25, 0.3) is 0 Å². The van der Waals surface area contributed by atoms with E-state index < -0.39 is 16.5 Å². The largest absolute Gasteiger partial charge is 0.232 e. The van der Waals surface area contributed by atoms with Gasteiger partial charge in [0.1, 0.15) is 16.5 Å². The summed E-state index contributed by atoms with van der Waals surface area (Å²) in [6.45, 7) is 0. The van der Waals surface area contributed by atoms with Crippen molar-refractivity contribution in [3.8, 4) is 0 Å². The van der Waals surface area contributed by atoms with E-state index in [-0.39, 0.29) is 5.75 Å². The molecule has 0 unspecified atom stereocenters. The Hall–Kier alpha value is -0.900. The van der Waals surface area contributed by atoms with Crippen molar-refractivity contribution >= 4 is 10.7 Å². The summed E-state index contributed by atoms with van der Waals surface area (Å²) in [6.07, 6.45) is 0. The molecule has 0 bridgehead atoms. The summed E-state index contributed by atoms with van der Waals surface area (Å²) in [5.74, 6) is -0.580. The molecule has 4 heteroatoms. The van der Waals surface area contributed by atoms with Crippen LogP contribution in [0.3, 0.4) is 0 Å². The second-order valence-electron chi connectivity index (χ2n) is 2.02. The van der Waals surface area contributed by atoms with Gasteiger partial charge >= 0.3 is 0 Å². The van der Waals surface area contributed by atoms with E-state index in [1.165, 1.54) is 12.1 Å². The fraction of sp³-hybridized carbons (Fsp3) is 0.143. The van der Waals surface area contributed by atoms with Crippen LogP contribution in [0.5, 0.6) is 0 Å². The second-order valence-corrected chi connectivity index (χ2v) is 3.00. The number of halogens is 1. The molecule has 0 aliphatic heterocycles. The molecule has 0 saturated heterocycles. The van der Waals surface area contributed by atoms with Crippen molar-refractivity contribution < 1.29 is 12.8 Å². The second kappa shape index (κ2) is 3.48. The minimum absolute atomic E-state index is 0.146. The van der Waals surface area contributed by atoms with Crippen molar-refractivity contribution in [3.63, 3.8) is 0 Å². The number of benzene rings is 1. The van der Waals surface area contributed by atoms with Crippen LogP contribution in [0.1, 0.15) is 5.56 Å². The molecule has 0 aromatic heterocycles. The van der Waals surface area contributed by atoms with Gasteiger partial charge in [0.2, 0.25) is 0 Å². The molecule has 1 aromatic carbocycles. The fourth-order valence-corrected chi connectivity index (χ4v) is 1.18. The van der Waals surface area contributed by atoms with E-state index in [0.29, 0.717) is 5.56 Å². The molecule has 0 fully saturated rings. The van der Waals surface area contributed by atoms with Crippen LogP contribution in [0.15, 0.2) is 18.2 Å². The summed E-state index contributed by atoms with van der Waals surface area (Å²) in [4.78, 5) is 0. The van der Waals surface area contributed by atoms with Crippen molar-refractivity contribution in [2.75, 3.05) is 0 Å². The van der Waals surface area contributed by atoms with E-state index in [0.717, 1.165) is 6.07 Å². The minimum Gasteiger partial charge on any atom is -0.232 e. The summed E-state index contributed by atoms with van der Waals surface area (Å²) in [5, 5.41) is 0. The van der Waals surface area contributed by atoms with Gasteiger partial charge in [-0.2, -0.15) is 0 Å². The zero-order valence-corrected chi connectivity index (χ0v) is 6.48. The third kappa shape index (κ3) is 2.67. The Bertz CT molecular complexity index is 312. The highest BCUT2D eigenvalue weighted by Crippen LogP contribution is 2.02. The zero-order chi connectivity index (χ0) is 8.27. The van der Waals surface area contributed by atoms with E-state index in [4.69, 9.17) is 0 Å². The maximum absolute atomic E-state index is 12.4. The van der Waals surface area contributed by atoms with E-state index >= 15 is 0 Å². The predicted octanol–water partition coefficient (Wildman–Crippen LogP) is 0.737. The lowest BCUT2D eigenvalue weighted by atomic mass is 10.2. The molecule has 59 valence electrons. The summed E-state index contributed by atoms with van der Waals surface area (Å²) >= 11 is 0.